The first-order valence-corrected chi connectivity index (χ1v) is 13.4. The molecule has 2 aliphatic heterocycles. The monoisotopic (exact) mass is 468 g/mol. The van der Waals surface area contributed by atoms with Crippen LogP contribution in [0.1, 0.15) is 70.8 Å². The van der Waals surface area contributed by atoms with Crippen LogP contribution in [0.3, 0.4) is 0 Å². The Morgan fingerprint density at radius 1 is 1.06 bits per heavy atom. The number of hydrogen-bond acceptors (Lipinski definition) is 4. The summed E-state index contributed by atoms with van der Waals surface area (Å²) in [6.07, 6.45) is 8.30. The molecule has 0 N–H and O–H groups in total. The summed E-state index contributed by atoms with van der Waals surface area (Å²) in [5.41, 5.74) is 1.85. The van der Waals surface area contributed by atoms with Gasteiger partial charge < -0.3 is 14.5 Å². The molecule has 1 spiro atoms. The van der Waals surface area contributed by atoms with Gasteiger partial charge in [-0.2, -0.15) is 0 Å². The average Bonchev–Trinajstić information content (AvgIpc) is 3.57. The highest BCUT2D eigenvalue weighted by atomic mass is 19.1. The van der Waals surface area contributed by atoms with Crippen LogP contribution < -0.4 is 4.90 Å². The minimum absolute atomic E-state index is 0.0172. The van der Waals surface area contributed by atoms with Gasteiger partial charge in [0.05, 0.1) is 12.0 Å². The molecule has 5 aliphatic rings. The van der Waals surface area contributed by atoms with Gasteiger partial charge in [-0.1, -0.05) is 0 Å². The zero-order valence-electron chi connectivity index (χ0n) is 20.5. The maximum absolute atomic E-state index is 14.3. The molecule has 1 aromatic rings. The van der Waals surface area contributed by atoms with Crippen molar-refractivity contribution >= 4 is 17.6 Å². The predicted octanol–water partition coefficient (Wildman–Crippen LogP) is 4.67. The van der Waals surface area contributed by atoms with Crippen molar-refractivity contribution in [3.05, 3.63) is 29.6 Å². The van der Waals surface area contributed by atoms with Gasteiger partial charge in [-0.05, 0) is 114 Å². The maximum atomic E-state index is 14.3. The molecule has 34 heavy (non-hydrogen) atoms. The third-order valence-corrected chi connectivity index (χ3v) is 9.44. The number of carbonyl (C=O) groups is 2. The Morgan fingerprint density at radius 2 is 1.74 bits per heavy atom. The number of rotatable bonds is 4. The van der Waals surface area contributed by atoms with Crippen LogP contribution in [0.2, 0.25) is 0 Å². The fraction of sp³-hybridized carbons (Fsp3) is 0.714. The fourth-order valence-corrected chi connectivity index (χ4v) is 7.62. The number of anilines is 1. The van der Waals surface area contributed by atoms with Crippen LogP contribution >= 0.6 is 0 Å². The van der Waals surface area contributed by atoms with Crippen molar-refractivity contribution in [2.75, 3.05) is 24.5 Å². The highest BCUT2D eigenvalue weighted by Gasteiger charge is 2.52. The van der Waals surface area contributed by atoms with E-state index in [1.54, 1.807) is 6.07 Å². The summed E-state index contributed by atoms with van der Waals surface area (Å²) in [4.78, 5) is 30.3. The Balaban J connectivity index is 1.15. The Kier molecular flexibility index (Phi) is 5.51. The van der Waals surface area contributed by atoms with Gasteiger partial charge in [0.15, 0.2) is 0 Å². The van der Waals surface area contributed by atoms with E-state index in [2.05, 4.69) is 4.90 Å². The van der Waals surface area contributed by atoms with E-state index in [0.29, 0.717) is 24.4 Å². The number of carbonyl (C=O) groups excluding carboxylic acids is 2. The van der Waals surface area contributed by atoms with E-state index >= 15 is 0 Å². The summed E-state index contributed by atoms with van der Waals surface area (Å²) in [5.74, 6) is 1.18. The quantitative estimate of drug-likeness (QED) is 0.603. The third-order valence-electron chi connectivity index (χ3n) is 9.44. The molecule has 1 aromatic carbocycles. The summed E-state index contributed by atoms with van der Waals surface area (Å²) in [7, 11) is 0. The van der Waals surface area contributed by atoms with Gasteiger partial charge in [-0.15, -0.1) is 0 Å². The summed E-state index contributed by atoms with van der Waals surface area (Å²) >= 11 is 0. The van der Waals surface area contributed by atoms with Gasteiger partial charge in [-0.25, -0.2) is 4.39 Å². The molecule has 4 fully saturated rings. The topological polar surface area (TPSA) is 49.9 Å². The molecule has 2 atom stereocenters. The molecule has 184 valence electrons. The van der Waals surface area contributed by atoms with Crippen LogP contribution in [-0.2, 0) is 19.7 Å². The lowest BCUT2D eigenvalue weighted by Crippen LogP contribution is -2.51. The Morgan fingerprint density at radius 3 is 2.35 bits per heavy atom. The van der Waals surface area contributed by atoms with Gasteiger partial charge in [0.1, 0.15) is 5.82 Å². The minimum Gasteiger partial charge on any atom is -0.463 e. The summed E-state index contributed by atoms with van der Waals surface area (Å²) < 4.78 is 19.9. The van der Waals surface area contributed by atoms with Crippen LogP contribution in [-0.4, -0.2) is 48.6 Å². The van der Waals surface area contributed by atoms with E-state index in [0.717, 1.165) is 75.7 Å². The van der Waals surface area contributed by atoms with E-state index in [4.69, 9.17) is 4.74 Å². The van der Waals surface area contributed by atoms with Gasteiger partial charge in [0, 0.05) is 29.6 Å². The summed E-state index contributed by atoms with van der Waals surface area (Å²) in [5, 5.41) is 0. The number of piperidine rings is 1. The van der Waals surface area contributed by atoms with E-state index < -0.39 is 0 Å². The van der Waals surface area contributed by atoms with Crippen molar-refractivity contribution in [1.82, 2.24) is 4.90 Å². The average molecular weight is 469 g/mol. The number of nitrogens with zero attached hydrogens (tertiary/aromatic N) is 2. The largest absolute Gasteiger partial charge is 0.463 e. The zero-order chi connectivity index (χ0) is 23.6. The van der Waals surface area contributed by atoms with Gasteiger partial charge in [0.2, 0.25) is 5.91 Å². The molecule has 3 aliphatic carbocycles. The first kappa shape index (κ1) is 22.5. The van der Waals surface area contributed by atoms with Gasteiger partial charge in [-0.3, -0.25) is 9.59 Å². The summed E-state index contributed by atoms with van der Waals surface area (Å²) in [6, 6.07) is 5.53. The van der Waals surface area contributed by atoms with E-state index in [1.807, 2.05) is 24.8 Å². The maximum Gasteiger partial charge on any atom is 0.309 e. The second kappa shape index (κ2) is 8.32. The molecule has 3 saturated carbocycles. The van der Waals surface area contributed by atoms with E-state index in [1.165, 1.54) is 6.07 Å². The van der Waals surface area contributed by atoms with Crippen molar-refractivity contribution in [2.24, 2.45) is 23.7 Å². The molecule has 1 saturated heterocycles. The molecule has 2 heterocycles. The Bertz CT molecular complexity index is 968. The lowest BCUT2D eigenvalue weighted by atomic mass is 9.72. The molecule has 2 unspecified atom stereocenters. The van der Waals surface area contributed by atoms with Crippen LogP contribution in [0.4, 0.5) is 10.1 Å². The molecule has 0 aromatic heterocycles. The van der Waals surface area contributed by atoms with Crippen molar-refractivity contribution in [2.45, 2.75) is 82.8 Å². The van der Waals surface area contributed by atoms with E-state index in [-0.39, 0.29) is 41.0 Å². The summed E-state index contributed by atoms with van der Waals surface area (Å²) in [6.45, 7) is 6.52. The Labute approximate surface area is 202 Å². The number of esters is 1. The number of ether oxygens (including phenoxy) is 1. The van der Waals surface area contributed by atoms with Crippen molar-refractivity contribution in [1.29, 1.82) is 0 Å². The molecule has 6 rings (SSSR count). The first-order chi connectivity index (χ1) is 16.3. The smallest absolute Gasteiger partial charge is 0.309 e. The Hall–Kier alpha value is -1.95. The zero-order valence-corrected chi connectivity index (χ0v) is 20.5. The second-order valence-electron chi connectivity index (χ2n) is 11.9. The van der Waals surface area contributed by atoms with E-state index in [9.17, 15) is 14.0 Å². The molecule has 6 heteroatoms. The highest BCUT2D eigenvalue weighted by molar-refractivity contribution is 5.99. The number of amides is 1. The lowest BCUT2D eigenvalue weighted by Gasteiger charge is -2.46. The molecular formula is C28H37FN2O3. The fourth-order valence-electron chi connectivity index (χ4n) is 7.62. The number of hydrogen-bond donors (Lipinski definition) is 0. The van der Waals surface area contributed by atoms with Crippen molar-refractivity contribution < 1.29 is 18.7 Å². The highest BCUT2D eigenvalue weighted by Crippen LogP contribution is 2.52. The first-order valence-electron chi connectivity index (χ1n) is 13.4. The second-order valence-corrected chi connectivity index (χ2v) is 11.9. The minimum atomic E-state index is -0.204. The molecular weight excluding hydrogens is 431 g/mol. The van der Waals surface area contributed by atoms with Crippen molar-refractivity contribution in [3.8, 4) is 0 Å². The van der Waals surface area contributed by atoms with Crippen LogP contribution in [0.5, 0.6) is 0 Å². The lowest BCUT2D eigenvalue weighted by molar-refractivity contribution is -0.157. The molecule has 2 bridgehead atoms. The van der Waals surface area contributed by atoms with Crippen molar-refractivity contribution in [3.63, 3.8) is 0 Å². The number of benzene rings is 1. The standard InChI is InChI=1S/C28H37FN2O3/c1-17(2)34-27(33)25-19-5-6-20(25)14-22(13-19)30-11-9-28(10-12-30)16-31(26(32)18-3-4-18)24-8-7-21(29)15-23(24)28/h7-8,15,17-20,22,25H,3-6,9-14,16H2,1-2H3. The molecule has 5 nitrogen and oxygen atoms in total. The SMILES string of the molecule is CC(C)OC(=O)C1C2CCC1CC(N1CCC3(CC1)CN(C(=O)C1CC1)c1ccc(F)cc13)C2. The van der Waals surface area contributed by atoms with Crippen LogP contribution in [0.15, 0.2) is 18.2 Å². The van der Waals surface area contributed by atoms with Gasteiger partial charge in [0.25, 0.3) is 0 Å². The molecule has 1 amide bonds. The number of halogens is 1. The normalized spacial score (nSPS) is 32.3. The third kappa shape index (κ3) is 3.77. The number of likely N-dealkylation sites (tertiary alicyclic amines) is 1. The van der Waals surface area contributed by atoms with Crippen LogP contribution in [0.25, 0.3) is 0 Å². The van der Waals surface area contributed by atoms with Gasteiger partial charge >= 0.3 is 5.97 Å². The molecule has 0 radical (unpaired) electrons. The number of fused-ring (bicyclic) bond motifs is 4. The predicted molar refractivity (Wildman–Crippen MR) is 128 cm³/mol. The van der Waals surface area contributed by atoms with Crippen LogP contribution in [0, 0.1) is 29.5 Å².